The van der Waals surface area contributed by atoms with Crippen LogP contribution in [0, 0.1) is 19.7 Å². The number of aryl methyl sites for hydroxylation is 1. The minimum absolute atomic E-state index is 0.0706. The highest BCUT2D eigenvalue weighted by Gasteiger charge is 2.17. The van der Waals surface area contributed by atoms with Crippen LogP contribution in [0.5, 0.6) is 0 Å². The molecule has 15 heavy (non-hydrogen) atoms. The molecule has 0 aliphatic rings. The van der Waals surface area contributed by atoms with E-state index in [-0.39, 0.29) is 11.7 Å². The first-order valence-corrected chi connectivity index (χ1v) is 5.67. The molecule has 82 valence electrons. The van der Waals surface area contributed by atoms with Crippen LogP contribution in [0.3, 0.4) is 0 Å². The fraction of sp³-hybridized carbons (Fsp3) is 0.417. The molecule has 3 heteroatoms. The maximum atomic E-state index is 13.9. The predicted octanol–water partition coefficient (Wildman–Crippen LogP) is 3.90. The first kappa shape index (κ1) is 12.4. The van der Waals surface area contributed by atoms with Crippen molar-refractivity contribution in [3.05, 3.63) is 33.0 Å². The van der Waals surface area contributed by atoms with Gasteiger partial charge in [-0.1, -0.05) is 22.9 Å². The Bertz CT molecular complexity index is 361. The molecule has 0 aliphatic carbocycles. The van der Waals surface area contributed by atoms with Crippen LogP contribution in [0.25, 0.3) is 0 Å². The van der Waals surface area contributed by atoms with Crippen LogP contribution in [0.1, 0.15) is 36.0 Å². The monoisotopic (exact) mass is 272 g/mol. The van der Waals surface area contributed by atoms with Gasteiger partial charge in [-0.3, -0.25) is 0 Å². The Balaban J connectivity index is 3.31. The van der Waals surface area contributed by atoms with E-state index in [0.29, 0.717) is 17.5 Å². The molecule has 0 amide bonds. The van der Waals surface area contributed by atoms with Crippen LogP contribution in [0.2, 0.25) is 0 Å². The average molecular weight is 273 g/mol. The summed E-state index contributed by atoms with van der Waals surface area (Å²) >= 11 is 3.40. The van der Waals surface area contributed by atoms with Crippen molar-refractivity contribution >= 4 is 22.2 Å². The van der Waals surface area contributed by atoms with E-state index in [2.05, 4.69) is 15.9 Å². The van der Waals surface area contributed by atoms with Crippen molar-refractivity contribution < 1.29 is 9.18 Å². The number of hydrogen-bond donors (Lipinski definition) is 0. The van der Waals surface area contributed by atoms with E-state index in [9.17, 15) is 9.18 Å². The minimum atomic E-state index is -0.190. The molecule has 1 rings (SSSR count). The number of hydrogen-bond acceptors (Lipinski definition) is 1. The molecule has 0 saturated carbocycles. The molecule has 1 nitrogen and oxygen atoms in total. The molecule has 1 aromatic rings. The third-order valence-electron chi connectivity index (χ3n) is 2.63. The highest BCUT2D eigenvalue weighted by molar-refractivity contribution is 9.10. The summed E-state index contributed by atoms with van der Waals surface area (Å²) in [5, 5.41) is 0. The number of rotatable bonds is 3. The van der Waals surface area contributed by atoms with E-state index in [1.165, 1.54) is 0 Å². The zero-order valence-electron chi connectivity index (χ0n) is 9.10. The molecule has 0 radical (unpaired) electrons. The molecule has 1 aromatic carbocycles. The summed E-state index contributed by atoms with van der Waals surface area (Å²) in [7, 11) is 0. The van der Waals surface area contributed by atoms with Crippen LogP contribution in [-0.2, 0) is 4.79 Å². The van der Waals surface area contributed by atoms with Crippen LogP contribution >= 0.6 is 15.9 Å². The molecule has 0 aliphatic heterocycles. The maximum Gasteiger partial charge on any atom is 0.129 e. The second-order valence-corrected chi connectivity index (χ2v) is 4.69. The summed E-state index contributed by atoms with van der Waals surface area (Å²) < 4.78 is 14.8. The lowest BCUT2D eigenvalue weighted by Crippen LogP contribution is -2.04. The van der Waals surface area contributed by atoms with Crippen LogP contribution in [-0.4, -0.2) is 6.29 Å². The van der Waals surface area contributed by atoms with Crippen molar-refractivity contribution in [1.29, 1.82) is 0 Å². The minimum Gasteiger partial charge on any atom is -0.303 e. The van der Waals surface area contributed by atoms with E-state index in [4.69, 9.17) is 0 Å². The molecular weight excluding hydrogens is 259 g/mol. The smallest absolute Gasteiger partial charge is 0.129 e. The SMILES string of the molecule is Cc1cc(Br)c(C)c(C(C)CC=O)c1F. The Morgan fingerprint density at radius 2 is 2.13 bits per heavy atom. The molecular formula is C12H14BrFO. The molecule has 0 fully saturated rings. The molecule has 1 unspecified atom stereocenters. The Kier molecular flexibility index (Phi) is 4.03. The summed E-state index contributed by atoms with van der Waals surface area (Å²) in [6, 6.07) is 1.77. The van der Waals surface area contributed by atoms with Crippen LogP contribution in [0.15, 0.2) is 10.5 Å². The highest BCUT2D eigenvalue weighted by atomic mass is 79.9. The third-order valence-corrected chi connectivity index (χ3v) is 3.45. The zero-order chi connectivity index (χ0) is 11.6. The van der Waals surface area contributed by atoms with Gasteiger partial charge in [-0.05, 0) is 42.5 Å². The van der Waals surface area contributed by atoms with Crippen molar-refractivity contribution in [2.45, 2.75) is 33.1 Å². The van der Waals surface area contributed by atoms with E-state index in [1.807, 2.05) is 13.8 Å². The molecule has 1 atom stereocenters. The highest BCUT2D eigenvalue weighted by Crippen LogP contribution is 2.31. The normalized spacial score (nSPS) is 12.6. The van der Waals surface area contributed by atoms with Gasteiger partial charge in [0, 0.05) is 10.9 Å². The van der Waals surface area contributed by atoms with E-state index < -0.39 is 0 Å². The fourth-order valence-corrected chi connectivity index (χ4v) is 2.27. The van der Waals surface area contributed by atoms with Crippen molar-refractivity contribution in [2.24, 2.45) is 0 Å². The van der Waals surface area contributed by atoms with E-state index >= 15 is 0 Å². The Labute approximate surface area is 97.8 Å². The molecule has 0 aromatic heterocycles. The number of halogens is 2. The van der Waals surface area contributed by atoms with Crippen LogP contribution < -0.4 is 0 Å². The Morgan fingerprint density at radius 1 is 1.53 bits per heavy atom. The summed E-state index contributed by atoms with van der Waals surface area (Å²) in [6.45, 7) is 5.46. The van der Waals surface area contributed by atoms with Gasteiger partial charge in [0.05, 0.1) is 0 Å². The molecule has 0 N–H and O–H groups in total. The summed E-state index contributed by atoms with van der Waals surface area (Å²) in [5.41, 5.74) is 2.14. The van der Waals surface area contributed by atoms with Crippen molar-refractivity contribution in [2.75, 3.05) is 0 Å². The Hall–Kier alpha value is -0.700. The second kappa shape index (κ2) is 4.88. The van der Waals surface area contributed by atoms with Gasteiger partial charge in [-0.15, -0.1) is 0 Å². The first-order chi connectivity index (χ1) is 6.99. The first-order valence-electron chi connectivity index (χ1n) is 4.87. The van der Waals surface area contributed by atoms with Gasteiger partial charge in [0.15, 0.2) is 0 Å². The topological polar surface area (TPSA) is 17.1 Å². The van der Waals surface area contributed by atoms with Gasteiger partial charge in [0.2, 0.25) is 0 Å². The largest absolute Gasteiger partial charge is 0.303 e. The maximum absolute atomic E-state index is 13.9. The molecule has 0 saturated heterocycles. The number of benzene rings is 1. The molecule has 0 spiro atoms. The third kappa shape index (κ3) is 2.46. The predicted molar refractivity (Wildman–Crippen MR) is 62.7 cm³/mol. The lowest BCUT2D eigenvalue weighted by atomic mass is 9.92. The second-order valence-electron chi connectivity index (χ2n) is 3.83. The van der Waals surface area contributed by atoms with E-state index in [1.54, 1.807) is 13.0 Å². The number of carbonyl (C=O) groups is 1. The Morgan fingerprint density at radius 3 is 2.67 bits per heavy atom. The van der Waals surface area contributed by atoms with Gasteiger partial charge in [-0.25, -0.2) is 4.39 Å². The lowest BCUT2D eigenvalue weighted by molar-refractivity contribution is -0.108. The summed E-state index contributed by atoms with van der Waals surface area (Å²) in [5.74, 6) is -0.260. The zero-order valence-corrected chi connectivity index (χ0v) is 10.7. The van der Waals surface area contributed by atoms with Gasteiger partial charge in [0.1, 0.15) is 12.1 Å². The summed E-state index contributed by atoms with van der Waals surface area (Å²) in [6.07, 6.45) is 1.19. The van der Waals surface area contributed by atoms with Gasteiger partial charge >= 0.3 is 0 Å². The molecule has 0 heterocycles. The quantitative estimate of drug-likeness (QED) is 0.763. The van der Waals surface area contributed by atoms with Gasteiger partial charge in [0.25, 0.3) is 0 Å². The van der Waals surface area contributed by atoms with Crippen molar-refractivity contribution in [1.82, 2.24) is 0 Å². The summed E-state index contributed by atoms with van der Waals surface area (Å²) in [4.78, 5) is 10.4. The van der Waals surface area contributed by atoms with Crippen molar-refractivity contribution in [3.8, 4) is 0 Å². The number of aldehydes is 1. The molecule has 0 bridgehead atoms. The van der Waals surface area contributed by atoms with Crippen molar-refractivity contribution in [3.63, 3.8) is 0 Å². The van der Waals surface area contributed by atoms with Gasteiger partial charge in [-0.2, -0.15) is 0 Å². The van der Waals surface area contributed by atoms with Crippen LogP contribution in [0.4, 0.5) is 4.39 Å². The lowest BCUT2D eigenvalue weighted by Gasteiger charge is -2.16. The number of carbonyl (C=O) groups excluding carboxylic acids is 1. The fourth-order valence-electron chi connectivity index (χ4n) is 1.72. The van der Waals surface area contributed by atoms with Gasteiger partial charge < -0.3 is 4.79 Å². The van der Waals surface area contributed by atoms with E-state index in [0.717, 1.165) is 16.3 Å². The standard InChI is InChI=1S/C12H14BrFO/c1-7(4-5-15)11-9(3)10(13)6-8(2)12(11)14/h5-7H,4H2,1-3H3. The average Bonchev–Trinajstić information content (AvgIpc) is 2.16.